The first-order valence-electron chi connectivity index (χ1n) is 5.34. The summed E-state index contributed by atoms with van der Waals surface area (Å²) in [6.07, 6.45) is 2.47. The molecule has 0 saturated heterocycles. The number of benzene rings is 1. The fourth-order valence-corrected chi connectivity index (χ4v) is 2.35. The molecule has 1 aliphatic rings. The van der Waals surface area contributed by atoms with Crippen LogP contribution >= 0.6 is 0 Å². The van der Waals surface area contributed by atoms with Crippen molar-refractivity contribution in [3.8, 4) is 0 Å². The number of hydrogen-bond acceptors (Lipinski definition) is 2. The zero-order chi connectivity index (χ0) is 11.3. The largest absolute Gasteiger partial charge is 0.347 e. The molecule has 0 saturated carbocycles. The van der Waals surface area contributed by atoms with Crippen molar-refractivity contribution in [1.29, 1.82) is 0 Å². The van der Waals surface area contributed by atoms with Gasteiger partial charge in [-0.1, -0.05) is 6.07 Å². The van der Waals surface area contributed by atoms with Gasteiger partial charge < -0.3 is 10.3 Å². The van der Waals surface area contributed by atoms with Gasteiger partial charge in [0.1, 0.15) is 0 Å². The molecule has 1 amide bonds. The molecule has 4 nitrogen and oxygen atoms in total. The Kier molecular flexibility index (Phi) is 1.67. The molecule has 0 atom stereocenters. The number of aromatic amines is 1. The number of fused-ring (bicyclic) bond motifs is 3. The first-order chi connectivity index (χ1) is 7.57. The number of rotatable bonds is 0. The Morgan fingerprint density at radius 1 is 1.38 bits per heavy atom. The Hall–Kier alpha value is -1.84. The maximum absolute atomic E-state index is 12.1. The number of carbonyl (C=O) groups is 1. The second-order valence-corrected chi connectivity index (χ2v) is 4.91. The van der Waals surface area contributed by atoms with Crippen LogP contribution in [0, 0.1) is 0 Å². The van der Waals surface area contributed by atoms with Gasteiger partial charge in [-0.15, -0.1) is 0 Å². The standard InChI is InChI=1S/C12H13N3O/c1-12(2)5-7-3-4-8-10(14-6-13-8)9(7)11(16)15-12/h3-4,6H,5H2,1-2H3,(H,13,14)(H,15,16). The van der Waals surface area contributed by atoms with Crippen molar-refractivity contribution in [1.82, 2.24) is 15.3 Å². The minimum atomic E-state index is -0.169. The van der Waals surface area contributed by atoms with Crippen LogP contribution in [-0.2, 0) is 6.42 Å². The molecule has 2 aromatic rings. The highest BCUT2D eigenvalue weighted by molar-refractivity contribution is 6.07. The van der Waals surface area contributed by atoms with Gasteiger partial charge in [0.2, 0.25) is 0 Å². The van der Waals surface area contributed by atoms with Gasteiger partial charge in [0.05, 0.1) is 22.9 Å². The fraction of sp³-hybridized carbons (Fsp3) is 0.333. The molecule has 16 heavy (non-hydrogen) atoms. The maximum Gasteiger partial charge on any atom is 0.254 e. The molecular formula is C12H13N3O. The fourth-order valence-electron chi connectivity index (χ4n) is 2.35. The van der Waals surface area contributed by atoms with Crippen molar-refractivity contribution in [2.24, 2.45) is 0 Å². The third-order valence-corrected chi connectivity index (χ3v) is 2.99. The zero-order valence-electron chi connectivity index (χ0n) is 9.29. The lowest BCUT2D eigenvalue weighted by Gasteiger charge is -2.32. The molecule has 0 bridgehead atoms. The number of nitrogens with zero attached hydrogens (tertiary/aromatic N) is 1. The minimum absolute atomic E-state index is 0.0129. The Morgan fingerprint density at radius 2 is 2.19 bits per heavy atom. The van der Waals surface area contributed by atoms with Gasteiger partial charge in [-0.3, -0.25) is 4.79 Å². The highest BCUT2D eigenvalue weighted by Gasteiger charge is 2.31. The lowest BCUT2D eigenvalue weighted by Crippen LogP contribution is -2.49. The van der Waals surface area contributed by atoms with Gasteiger partial charge in [0, 0.05) is 5.54 Å². The average Bonchev–Trinajstić information content (AvgIpc) is 2.62. The number of hydrogen-bond donors (Lipinski definition) is 2. The predicted molar refractivity (Wildman–Crippen MR) is 61.3 cm³/mol. The van der Waals surface area contributed by atoms with Crippen LogP contribution in [0.3, 0.4) is 0 Å². The molecule has 1 aromatic carbocycles. The zero-order valence-corrected chi connectivity index (χ0v) is 9.29. The van der Waals surface area contributed by atoms with Crippen LogP contribution < -0.4 is 5.32 Å². The van der Waals surface area contributed by atoms with E-state index in [1.165, 1.54) is 0 Å². The molecule has 0 aliphatic carbocycles. The van der Waals surface area contributed by atoms with E-state index in [0.717, 1.165) is 28.6 Å². The van der Waals surface area contributed by atoms with Crippen LogP contribution in [-0.4, -0.2) is 21.4 Å². The first-order valence-corrected chi connectivity index (χ1v) is 5.34. The summed E-state index contributed by atoms with van der Waals surface area (Å²) in [7, 11) is 0. The Bertz CT molecular complexity index is 583. The normalized spacial score (nSPS) is 18.2. The molecule has 0 fully saturated rings. The molecule has 2 heterocycles. The lowest BCUT2D eigenvalue weighted by atomic mass is 9.87. The highest BCUT2D eigenvalue weighted by Crippen LogP contribution is 2.27. The second kappa shape index (κ2) is 2.84. The van der Waals surface area contributed by atoms with Crippen molar-refractivity contribution in [2.45, 2.75) is 25.8 Å². The van der Waals surface area contributed by atoms with Crippen LogP contribution in [0.15, 0.2) is 18.5 Å². The SMILES string of the molecule is CC1(C)Cc2ccc3nc[nH]c3c2C(=O)N1. The smallest absolute Gasteiger partial charge is 0.254 e. The predicted octanol–water partition coefficient (Wildman–Crippen LogP) is 1.63. The number of carbonyl (C=O) groups excluding carboxylic acids is 1. The molecule has 82 valence electrons. The molecular weight excluding hydrogens is 202 g/mol. The van der Waals surface area contributed by atoms with Crippen LogP contribution in [0.25, 0.3) is 11.0 Å². The third kappa shape index (κ3) is 1.23. The number of imidazole rings is 1. The van der Waals surface area contributed by atoms with Gasteiger partial charge in [0.15, 0.2) is 0 Å². The van der Waals surface area contributed by atoms with Crippen molar-refractivity contribution >= 4 is 16.9 Å². The van der Waals surface area contributed by atoms with Gasteiger partial charge in [-0.05, 0) is 31.9 Å². The first kappa shape index (κ1) is 9.39. The average molecular weight is 215 g/mol. The number of nitrogens with one attached hydrogen (secondary N) is 2. The van der Waals surface area contributed by atoms with Crippen LogP contribution in [0.2, 0.25) is 0 Å². The summed E-state index contributed by atoms with van der Waals surface area (Å²) in [5.74, 6) is -0.0129. The van der Waals surface area contributed by atoms with E-state index >= 15 is 0 Å². The molecule has 4 heteroatoms. The molecule has 0 spiro atoms. The van der Waals surface area contributed by atoms with E-state index in [-0.39, 0.29) is 11.4 Å². The number of amides is 1. The van der Waals surface area contributed by atoms with Crippen molar-refractivity contribution < 1.29 is 4.79 Å². The Labute approximate surface area is 93.1 Å². The van der Waals surface area contributed by atoms with E-state index in [4.69, 9.17) is 0 Å². The highest BCUT2D eigenvalue weighted by atomic mass is 16.1. The molecule has 1 aromatic heterocycles. The number of H-pyrrole nitrogens is 1. The van der Waals surface area contributed by atoms with E-state index in [0.29, 0.717) is 0 Å². The third-order valence-electron chi connectivity index (χ3n) is 2.99. The molecule has 0 radical (unpaired) electrons. The van der Waals surface area contributed by atoms with Crippen LogP contribution in [0.5, 0.6) is 0 Å². The summed E-state index contributed by atoms with van der Waals surface area (Å²) >= 11 is 0. The summed E-state index contributed by atoms with van der Waals surface area (Å²) in [6.45, 7) is 4.07. The van der Waals surface area contributed by atoms with Crippen molar-refractivity contribution in [3.63, 3.8) is 0 Å². The van der Waals surface area contributed by atoms with Gasteiger partial charge in [-0.25, -0.2) is 4.98 Å². The second-order valence-electron chi connectivity index (χ2n) is 4.91. The summed E-state index contributed by atoms with van der Waals surface area (Å²) in [6, 6.07) is 3.96. The summed E-state index contributed by atoms with van der Waals surface area (Å²) in [5.41, 5.74) is 3.34. The van der Waals surface area contributed by atoms with Gasteiger partial charge in [0.25, 0.3) is 5.91 Å². The van der Waals surface area contributed by atoms with Crippen molar-refractivity contribution in [2.75, 3.05) is 0 Å². The lowest BCUT2D eigenvalue weighted by molar-refractivity contribution is 0.0899. The molecule has 0 unspecified atom stereocenters. The van der Waals surface area contributed by atoms with E-state index in [1.54, 1.807) is 6.33 Å². The quantitative estimate of drug-likeness (QED) is 0.701. The topological polar surface area (TPSA) is 57.8 Å². The summed E-state index contributed by atoms with van der Waals surface area (Å²) < 4.78 is 0. The number of aromatic nitrogens is 2. The van der Waals surface area contributed by atoms with Gasteiger partial charge in [-0.2, -0.15) is 0 Å². The van der Waals surface area contributed by atoms with Gasteiger partial charge >= 0.3 is 0 Å². The minimum Gasteiger partial charge on any atom is -0.347 e. The Morgan fingerprint density at radius 3 is 3.00 bits per heavy atom. The maximum atomic E-state index is 12.1. The van der Waals surface area contributed by atoms with E-state index in [1.807, 2.05) is 26.0 Å². The molecule has 1 aliphatic heterocycles. The summed E-state index contributed by atoms with van der Waals surface area (Å²) in [4.78, 5) is 19.2. The van der Waals surface area contributed by atoms with E-state index < -0.39 is 0 Å². The van der Waals surface area contributed by atoms with Crippen molar-refractivity contribution in [3.05, 3.63) is 29.6 Å². The Balaban J connectivity index is 2.30. The van der Waals surface area contributed by atoms with E-state index in [2.05, 4.69) is 15.3 Å². The van der Waals surface area contributed by atoms with E-state index in [9.17, 15) is 4.79 Å². The van der Waals surface area contributed by atoms with Crippen LogP contribution in [0.1, 0.15) is 29.8 Å². The molecule has 3 rings (SSSR count). The monoisotopic (exact) mass is 215 g/mol. The van der Waals surface area contributed by atoms with Crippen LogP contribution in [0.4, 0.5) is 0 Å². The molecule has 2 N–H and O–H groups in total. The summed E-state index contributed by atoms with van der Waals surface area (Å²) in [5, 5.41) is 3.01.